The van der Waals surface area contributed by atoms with Gasteiger partial charge in [0, 0.05) is 29.9 Å². The van der Waals surface area contributed by atoms with E-state index in [4.69, 9.17) is 19.2 Å². The van der Waals surface area contributed by atoms with Crippen LogP contribution < -0.4 is 24.8 Å². The van der Waals surface area contributed by atoms with E-state index in [1.165, 1.54) is 19.3 Å². The van der Waals surface area contributed by atoms with E-state index in [0.29, 0.717) is 29.8 Å². The molecule has 0 aliphatic heterocycles. The maximum absolute atomic E-state index is 5.56. The van der Waals surface area contributed by atoms with Gasteiger partial charge in [0.2, 0.25) is 5.75 Å². The number of hydrogen-bond acceptors (Lipinski definition) is 5. The van der Waals surface area contributed by atoms with Crippen LogP contribution >= 0.6 is 11.8 Å². The molecule has 1 fully saturated rings. The Hall–Kier alpha value is -1.76. The topological polar surface area (TPSA) is 64.1 Å². The molecule has 1 aromatic rings. The normalized spacial score (nSPS) is 19.7. The predicted molar refractivity (Wildman–Crippen MR) is 114 cm³/mol. The van der Waals surface area contributed by atoms with Crippen molar-refractivity contribution in [3.05, 3.63) is 17.7 Å². The highest BCUT2D eigenvalue weighted by atomic mass is 32.2. The molecule has 0 saturated heterocycles. The molecule has 0 amide bonds. The molecular formula is C20H33N3O3S. The summed E-state index contributed by atoms with van der Waals surface area (Å²) < 4.78 is 16.4. The van der Waals surface area contributed by atoms with Crippen LogP contribution in [0.4, 0.5) is 0 Å². The summed E-state index contributed by atoms with van der Waals surface area (Å²) in [5, 5.41) is 7.71. The van der Waals surface area contributed by atoms with Gasteiger partial charge in [-0.2, -0.15) is 11.8 Å². The van der Waals surface area contributed by atoms with Gasteiger partial charge in [-0.25, -0.2) is 0 Å². The van der Waals surface area contributed by atoms with Crippen molar-refractivity contribution >= 4 is 17.7 Å². The second kappa shape index (κ2) is 11.2. The summed E-state index contributed by atoms with van der Waals surface area (Å²) in [6, 6.07) is 4.43. The molecule has 1 saturated carbocycles. The summed E-state index contributed by atoms with van der Waals surface area (Å²) in [5.41, 5.74) is 1.05. The Morgan fingerprint density at radius 2 is 1.93 bits per heavy atom. The van der Waals surface area contributed by atoms with Gasteiger partial charge in [0.05, 0.1) is 21.3 Å². The molecule has 0 radical (unpaired) electrons. The van der Waals surface area contributed by atoms with Crippen LogP contribution in [0.2, 0.25) is 0 Å². The molecule has 0 heterocycles. The molecular weight excluding hydrogens is 362 g/mol. The van der Waals surface area contributed by atoms with Crippen LogP contribution in [0.3, 0.4) is 0 Å². The lowest BCUT2D eigenvalue weighted by molar-refractivity contribution is 0.322. The quantitative estimate of drug-likeness (QED) is 0.495. The van der Waals surface area contributed by atoms with Gasteiger partial charge in [-0.05, 0) is 44.9 Å². The van der Waals surface area contributed by atoms with Crippen LogP contribution in [0.25, 0.3) is 0 Å². The van der Waals surface area contributed by atoms with Crippen molar-refractivity contribution in [2.75, 3.05) is 40.7 Å². The second-order valence-electron chi connectivity index (χ2n) is 6.52. The third-order valence-electron chi connectivity index (χ3n) is 4.84. The number of nitrogens with zero attached hydrogens (tertiary/aromatic N) is 1. The SMILES string of the molecule is CCNC(=NCCc1ccc(OC)c(OC)c1OC)NC1CCC(SC)C1. The Kier molecular flexibility index (Phi) is 8.91. The van der Waals surface area contributed by atoms with Gasteiger partial charge in [0.1, 0.15) is 0 Å². The molecule has 7 heteroatoms. The maximum Gasteiger partial charge on any atom is 0.203 e. The summed E-state index contributed by atoms with van der Waals surface area (Å²) in [4.78, 5) is 4.76. The summed E-state index contributed by atoms with van der Waals surface area (Å²) >= 11 is 1.97. The lowest BCUT2D eigenvalue weighted by Crippen LogP contribution is -2.42. The van der Waals surface area contributed by atoms with E-state index in [-0.39, 0.29) is 0 Å². The monoisotopic (exact) mass is 395 g/mol. The number of guanidine groups is 1. The van der Waals surface area contributed by atoms with Crippen LogP contribution in [-0.2, 0) is 6.42 Å². The van der Waals surface area contributed by atoms with Crippen molar-refractivity contribution in [3.63, 3.8) is 0 Å². The first-order valence-electron chi connectivity index (χ1n) is 9.52. The van der Waals surface area contributed by atoms with Crippen molar-refractivity contribution in [2.45, 2.75) is 43.9 Å². The van der Waals surface area contributed by atoms with Crippen LogP contribution in [0.1, 0.15) is 31.7 Å². The van der Waals surface area contributed by atoms with Gasteiger partial charge in [0.25, 0.3) is 0 Å². The number of methoxy groups -OCH3 is 3. The Morgan fingerprint density at radius 3 is 2.52 bits per heavy atom. The van der Waals surface area contributed by atoms with Gasteiger partial charge >= 0.3 is 0 Å². The third kappa shape index (κ3) is 5.86. The molecule has 2 atom stereocenters. The zero-order valence-corrected chi connectivity index (χ0v) is 17.9. The smallest absolute Gasteiger partial charge is 0.203 e. The standard InChI is InChI=1S/C20H33N3O3S/c1-6-21-20(23-15-8-9-16(13-15)27-5)22-12-11-14-7-10-17(24-2)19(26-4)18(14)25-3/h7,10,15-16H,6,8-9,11-13H2,1-5H3,(H2,21,22,23). The van der Waals surface area contributed by atoms with Gasteiger partial charge in [-0.3, -0.25) is 4.99 Å². The van der Waals surface area contributed by atoms with E-state index in [1.54, 1.807) is 21.3 Å². The van der Waals surface area contributed by atoms with Crippen molar-refractivity contribution in [1.29, 1.82) is 0 Å². The van der Waals surface area contributed by atoms with Gasteiger partial charge in [0.15, 0.2) is 17.5 Å². The van der Waals surface area contributed by atoms with Crippen LogP contribution in [0.5, 0.6) is 17.2 Å². The summed E-state index contributed by atoms with van der Waals surface area (Å²) in [6.07, 6.45) is 6.65. The fourth-order valence-corrected chi connectivity index (χ4v) is 4.24. The van der Waals surface area contributed by atoms with Crippen LogP contribution in [-0.4, -0.2) is 57.9 Å². The Morgan fingerprint density at radius 1 is 1.15 bits per heavy atom. The molecule has 0 spiro atoms. The van der Waals surface area contributed by atoms with Crippen LogP contribution in [0.15, 0.2) is 17.1 Å². The number of hydrogen-bond donors (Lipinski definition) is 2. The Balaban J connectivity index is 2.02. The number of rotatable bonds is 9. The van der Waals surface area contributed by atoms with E-state index in [0.717, 1.165) is 29.7 Å². The van der Waals surface area contributed by atoms with Crippen LogP contribution in [0, 0.1) is 0 Å². The molecule has 1 aliphatic rings. The minimum Gasteiger partial charge on any atom is -0.493 e. The Bertz CT molecular complexity index is 625. The molecule has 1 aliphatic carbocycles. The minimum atomic E-state index is 0.510. The molecule has 6 nitrogen and oxygen atoms in total. The van der Waals surface area contributed by atoms with E-state index in [9.17, 15) is 0 Å². The zero-order valence-electron chi connectivity index (χ0n) is 17.1. The first-order chi connectivity index (χ1) is 13.2. The number of aliphatic imine (C=N–C) groups is 1. The zero-order chi connectivity index (χ0) is 19.6. The van der Waals surface area contributed by atoms with Crippen molar-refractivity contribution in [2.24, 2.45) is 4.99 Å². The van der Waals surface area contributed by atoms with Gasteiger partial charge < -0.3 is 24.8 Å². The fraction of sp³-hybridized carbons (Fsp3) is 0.650. The highest BCUT2D eigenvalue weighted by Crippen LogP contribution is 2.39. The average molecular weight is 396 g/mol. The highest BCUT2D eigenvalue weighted by molar-refractivity contribution is 7.99. The maximum atomic E-state index is 5.56. The molecule has 2 N–H and O–H groups in total. The molecule has 0 aromatic heterocycles. The molecule has 27 heavy (non-hydrogen) atoms. The number of thioether (sulfide) groups is 1. The molecule has 2 unspecified atom stereocenters. The summed E-state index contributed by atoms with van der Waals surface area (Å²) in [7, 11) is 4.90. The highest BCUT2D eigenvalue weighted by Gasteiger charge is 2.24. The van der Waals surface area contributed by atoms with E-state index < -0.39 is 0 Å². The minimum absolute atomic E-state index is 0.510. The lowest BCUT2D eigenvalue weighted by Gasteiger charge is -2.18. The first-order valence-corrected chi connectivity index (χ1v) is 10.8. The molecule has 2 rings (SSSR count). The number of benzene rings is 1. The largest absolute Gasteiger partial charge is 0.493 e. The predicted octanol–water partition coefficient (Wildman–Crippen LogP) is 3.09. The fourth-order valence-electron chi connectivity index (χ4n) is 3.45. The summed E-state index contributed by atoms with van der Waals surface area (Å²) in [6.45, 7) is 3.61. The summed E-state index contributed by atoms with van der Waals surface area (Å²) in [5.74, 6) is 2.90. The second-order valence-corrected chi connectivity index (χ2v) is 7.65. The molecule has 152 valence electrons. The average Bonchev–Trinajstić information content (AvgIpc) is 3.15. The van der Waals surface area contributed by atoms with Crippen molar-refractivity contribution < 1.29 is 14.2 Å². The van der Waals surface area contributed by atoms with Gasteiger partial charge in [-0.1, -0.05) is 6.07 Å². The molecule has 1 aromatic carbocycles. The van der Waals surface area contributed by atoms with E-state index in [2.05, 4.69) is 23.8 Å². The lowest BCUT2D eigenvalue weighted by atomic mass is 10.1. The third-order valence-corrected chi connectivity index (χ3v) is 5.93. The first kappa shape index (κ1) is 21.5. The number of nitrogens with one attached hydrogen (secondary N) is 2. The van der Waals surface area contributed by atoms with Crippen molar-refractivity contribution in [1.82, 2.24) is 10.6 Å². The van der Waals surface area contributed by atoms with E-state index in [1.807, 2.05) is 23.9 Å². The molecule has 0 bridgehead atoms. The van der Waals surface area contributed by atoms with E-state index >= 15 is 0 Å². The Labute approximate surface area is 167 Å². The van der Waals surface area contributed by atoms with Crippen molar-refractivity contribution in [3.8, 4) is 17.2 Å². The number of ether oxygens (including phenoxy) is 3. The van der Waals surface area contributed by atoms with Gasteiger partial charge in [-0.15, -0.1) is 0 Å².